The van der Waals surface area contributed by atoms with Crippen molar-refractivity contribution in [1.29, 1.82) is 0 Å². The number of carbonyl (C=O) groups is 2. The minimum absolute atomic E-state index is 0.00687. The van der Waals surface area contributed by atoms with Gasteiger partial charge in [-0.2, -0.15) is 0 Å². The van der Waals surface area contributed by atoms with Crippen LogP contribution in [0.4, 0.5) is 0 Å². The van der Waals surface area contributed by atoms with Crippen LogP contribution in [0.1, 0.15) is 34.6 Å². The Morgan fingerprint density at radius 2 is 1.72 bits per heavy atom. The first-order chi connectivity index (χ1) is 11.8. The van der Waals surface area contributed by atoms with Gasteiger partial charge >= 0.3 is 0 Å². The van der Waals surface area contributed by atoms with Crippen molar-refractivity contribution in [3.8, 4) is 5.75 Å². The van der Waals surface area contributed by atoms with Crippen LogP contribution in [0.25, 0.3) is 0 Å². The molecule has 7 heteroatoms. The molecule has 0 aromatic heterocycles. The second-order valence-corrected chi connectivity index (χ2v) is 7.76. The summed E-state index contributed by atoms with van der Waals surface area (Å²) in [6.07, 6.45) is 0.00687. The molecule has 6 nitrogen and oxygen atoms in total. The number of ether oxygens (including phenoxy) is 1. The van der Waals surface area contributed by atoms with Crippen LogP contribution in [-0.4, -0.2) is 37.1 Å². The van der Waals surface area contributed by atoms with Crippen molar-refractivity contribution in [2.75, 3.05) is 6.54 Å². The third-order valence-corrected chi connectivity index (χ3v) is 5.53. The second-order valence-electron chi connectivity index (χ2n) is 5.93. The van der Waals surface area contributed by atoms with Crippen molar-refractivity contribution in [2.45, 2.75) is 24.8 Å². The van der Waals surface area contributed by atoms with Gasteiger partial charge in [0.2, 0.25) is 0 Å². The highest BCUT2D eigenvalue weighted by atomic mass is 32.2. The van der Waals surface area contributed by atoms with E-state index in [2.05, 4.69) is 0 Å². The summed E-state index contributed by atoms with van der Waals surface area (Å²) in [7, 11) is -3.98. The summed E-state index contributed by atoms with van der Waals surface area (Å²) >= 11 is 0. The molecule has 0 N–H and O–H groups in total. The van der Waals surface area contributed by atoms with Gasteiger partial charge < -0.3 is 4.74 Å². The zero-order valence-corrected chi connectivity index (χ0v) is 14.6. The number of ketones is 1. The number of sulfonamides is 1. The number of Topliss-reactive ketones (excluding diaryl/α,β-unsaturated/α-hetero) is 1. The predicted molar refractivity (Wildman–Crippen MR) is 91.2 cm³/mol. The highest BCUT2D eigenvalue weighted by molar-refractivity contribution is 7.90. The molecular formula is C18H17NO5S. The zero-order chi connectivity index (χ0) is 18.2. The number of hydrogen-bond donors (Lipinski definition) is 0. The van der Waals surface area contributed by atoms with Gasteiger partial charge in [-0.05, 0) is 50.2 Å². The van der Waals surface area contributed by atoms with Crippen LogP contribution in [0.15, 0.2) is 53.4 Å². The Morgan fingerprint density at radius 1 is 1.08 bits per heavy atom. The van der Waals surface area contributed by atoms with E-state index >= 15 is 0 Å². The van der Waals surface area contributed by atoms with Crippen LogP contribution in [0, 0.1) is 0 Å². The first-order valence-corrected chi connectivity index (χ1v) is 9.20. The smallest absolute Gasteiger partial charge is 0.269 e. The van der Waals surface area contributed by atoms with Crippen LogP contribution in [0.5, 0.6) is 5.75 Å². The van der Waals surface area contributed by atoms with Crippen molar-refractivity contribution in [1.82, 2.24) is 4.31 Å². The molecule has 130 valence electrons. The Morgan fingerprint density at radius 3 is 2.32 bits per heavy atom. The second kappa shape index (κ2) is 6.33. The standard InChI is InChI=1S/C18H17NO5S/c1-12(2)24-14-9-7-13(8-10-14)16(20)11-19-18(21)15-5-3-4-6-17(15)25(19,22)23/h3-10,12H,11H2,1-2H3. The average molecular weight is 359 g/mol. The van der Waals surface area contributed by atoms with E-state index in [1.54, 1.807) is 36.4 Å². The summed E-state index contributed by atoms with van der Waals surface area (Å²) in [6, 6.07) is 12.3. The molecule has 0 aliphatic carbocycles. The molecule has 0 radical (unpaired) electrons. The minimum atomic E-state index is -3.98. The molecular weight excluding hydrogens is 342 g/mol. The number of carbonyl (C=O) groups excluding carboxylic acids is 2. The Balaban J connectivity index is 1.81. The molecule has 0 spiro atoms. The van der Waals surface area contributed by atoms with Gasteiger partial charge in [-0.15, -0.1) is 0 Å². The van der Waals surface area contributed by atoms with E-state index in [1.165, 1.54) is 12.1 Å². The minimum Gasteiger partial charge on any atom is -0.491 e. The van der Waals surface area contributed by atoms with Gasteiger partial charge in [0.15, 0.2) is 5.78 Å². The highest BCUT2D eigenvalue weighted by Gasteiger charge is 2.41. The van der Waals surface area contributed by atoms with Crippen molar-refractivity contribution < 1.29 is 22.7 Å². The molecule has 0 saturated carbocycles. The summed E-state index contributed by atoms with van der Waals surface area (Å²) in [5.74, 6) is -0.520. The largest absolute Gasteiger partial charge is 0.491 e. The van der Waals surface area contributed by atoms with Crippen molar-refractivity contribution in [3.05, 3.63) is 59.7 Å². The Hall–Kier alpha value is -2.67. The van der Waals surface area contributed by atoms with Gasteiger partial charge in [0.1, 0.15) is 17.2 Å². The van der Waals surface area contributed by atoms with Gasteiger partial charge in [0.25, 0.3) is 15.9 Å². The van der Waals surface area contributed by atoms with Crippen molar-refractivity contribution in [2.24, 2.45) is 0 Å². The van der Waals surface area contributed by atoms with E-state index in [0.717, 1.165) is 0 Å². The third-order valence-electron chi connectivity index (χ3n) is 3.75. The number of fused-ring (bicyclic) bond motifs is 1. The Bertz CT molecular complexity index is 932. The molecule has 0 fully saturated rings. The molecule has 0 unspecified atom stereocenters. The summed E-state index contributed by atoms with van der Waals surface area (Å²) < 4.78 is 31.1. The summed E-state index contributed by atoms with van der Waals surface area (Å²) in [6.45, 7) is 3.25. The number of hydrogen-bond acceptors (Lipinski definition) is 5. The first kappa shape index (κ1) is 17.2. The third kappa shape index (κ3) is 3.15. The van der Waals surface area contributed by atoms with E-state index < -0.39 is 28.3 Å². The Kier molecular flexibility index (Phi) is 4.34. The molecule has 2 aromatic rings. The maximum Gasteiger partial charge on any atom is 0.269 e. The summed E-state index contributed by atoms with van der Waals surface area (Å²) in [5.41, 5.74) is 0.408. The molecule has 3 rings (SSSR count). The van der Waals surface area contributed by atoms with E-state index in [-0.39, 0.29) is 16.6 Å². The molecule has 0 atom stereocenters. The van der Waals surface area contributed by atoms with Crippen LogP contribution in [0.3, 0.4) is 0 Å². The lowest BCUT2D eigenvalue weighted by molar-refractivity contribution is 0.0820. The number of nitrogens with zero attached hydrogens (tertiary/aromatic N) is 1. The fourth-order valence-corrected chi connectivity index (χ4v) is 4.13. The number of benzene rings is 2. The van der Waals surface area contributed by atoms with E-state index in [9.17, 15) is 18.0 Å². The van der Waals surface area contributed by atoms with Gasteiger partial charge in [-0.1, -0.05) is 12.1 Å². The summed E-state index contributed by atoms with van der Waals surface area (Å²) in [4.78, 5) is 24.7. The number of rotatable bonds is 5. The topological polar surface area (TPSA) is 80.8 Å². The fraction of sp³-hybridized carbons (Fsp3) is 0.222. The highest BCUT2D eigenvalue weighted by Crippen LogP contribution is 2.30. The average Bonchev–Trinajstić information content (AvgIpc) is 2.76. The molecule has 1 aliphatic heterocycles. The lowest BCUT2D eigenvalue weighted by Gasteiger charge is -2.14. The SMILES string of the molecule is CC(C)Oc1ccc(C(=O)CN2C(=O)c3ccccc3S2(=O)=O)cc1. The Labute approximate surface area is 146 Å². The lowest BCUT2D eigenvalue weighted by Crippen LogP contribution is -2.35. The quantitative estimate of drug-likeness (QED) is 0.766. The van der Waals surface area contributed by atoms with Crippen LogP contribution >= 0.6 is 0 Å². The van der Waals surface area contributed by atoms with Gasteiger partial charge in [-0.3, -0.25) is 9.59 Å². The van der Waals surface area contributed by atoms with Crippen molar-refractivity contribution in [3.63, 3.8) is 0 Å². The van der Waals surface area contributed by atoms with Crippen LogP contribution in [-0.2, 0) is 10.0 Å². The molecule has 1 heterocycles. The molecule has 25 heavy (non-hydrogen) atoms. The monoisotopic (exact) mass is 359 g/mol. The molecule has 2 aromatic carbocycles. The van der Waals surface area contributed by atoms with Gasteiger partial charge in [0.05, 0.1) is 11.7 Å². The maximum absolute atomic E-state index is 12.5. The van der Waals surface area contributed by atoms with E-state index in [0.29, 0.717) is 15.6 Å². The van der Waals surface area contributed by atoms with E-state index in [4.69, 9.17) is 4.74 Å². The number of amides is 1. The van der Waals surface area contributed by atoms with Crippen LogP contribution < -0.4 is 4.74 Å². The molecule has 1 aliphatic rings. The first-order valence-electron chi connectivity index (χ1n) is 7.76. The maximum atomic E-state index is 12.5. The summed E-state index contributed by atoms with van der Waals surface area (Å²) in [5, 5.41) is 0. The lowest BCUT2D eigenvalue weighted by atomic mass is 10.1. The van der Waals surface area contributed by atoms with Gasteiger partial charge in [-0.25, -0.2) is 12.7 Å². The normalized spacial score (nSPS) is 15.3. The predicted octanol–water partition coefficient (Wildman–Crippen LogP) is 2.50. The molecule has 0 saturated heterocycles. The molecule has 1 amide bonds. The fourth-order valence-electron chi connectivity index (χ4n) is 2.60. The molecule has 0 bridgehead atoms. The van der Waals surface area contributed by atoms with E-state index in [1.807, 2.05) is 13.8 Å². The van der Waals surface area contributed by atoms with Crippen LogP contribution in [0.2, 0.25) is 0 Å². The zero-order valence-electron chi connectivity index (χ0n) is 13.8. The van der Waals surface area contributed by atoms with Crippen molar-refractivity contribution >= 4 is 21.7 Å². The van der Waals surface area contributed by atoms with Gasteiger partial charge in [0, 0.05) is 5.56 Å².